The van der Waals surface area contributed by atoms with E-state index in [4.69, 9.17) is 9.72 Å². The van der Waals surface area contributed by atoms with Crippen LogP contribution in [0.1, 0.15) is 29.8 Å². The van der Waals surface area contributed by atoms with Crippen molar-refractivity contribution < 1.29 is 13.2 Å². The molecule has 0 atom stereocenters. The van der Waals surface area contributed by atoms with E-state index in [0.717, 1.165) is 56.8 Å². The Morgan fingerprint density at radius 1 is 1.08 bits per heavy atom. The second-order valence-electron chi connectivity index (χ2n) is 9.16. The normalized spacial score (nSPS) is 14.5. The number of ether oxygens (including phenoxy) is 1. The van der Waals surface area contributed by atoms with Crippen LogP contribution in [-0.4, -0.2) is 55.8 Å². The van der Waals surface area contributed by atoms with Crippen LogP contribution in [0.2, 0.25) is 0 Å². The van der Waals surface area contributed by atoms with Crippen molar-refractivity contribution in [3.8, 4) is 16.9 Å². The first-order valence-corrected chi connectivity index (χ1v) is 14.9. The molecule has 1 saturated heterocycles. The predicted molar refractivity (Wildman–Crippen MR) is 145 cm³/mol. The lowest BCUT2D eigenvalue weighted by Crippen LogP contribution is -2.25. The van der Waals surface area contributed by atoms with Crippen molar-refractivity contribution >= 4 is 31.6 Å². The zero-order valence-electron chi connectivity index (χ0n) is 20.3. The van der Waals surface area contributed by atoms with Crippen molar-refractivity contribution in [1.82, 2.24) is 19.6 Å². The van der Waals surface area contributed by atoms with Crippen LogP contribution in [-0.2, 0) is 23.0 Å². The average Bonchev–Trinajstić information content (AvgIpc) is 3.54. The van der Waals surface area contributed by atoms with Crippen LogP contribution in [0.4, 0.5) is 0 Å². The monoisotopic (exact) mass is 522 g/mol. The van der Waals surface area contributed by atoms with E-state index >= 15 is 0 Å². The molecule has 3 heterocycles. The highest BCUT2D eigenvalue weighted by atomic mass is 32.2. The first-order valence-electron chi connectivity index (χ1n) is 12.1. The molecule has 4 aromatic rings. The summed E-state index contributed by atoms with van der Waals surface area (Å²) in [5.74, 6) is 1.65. The summed E-state index contributed by atoms with van der Waals surface area (Å²) in [4.78, 5) is 11.9. The van der Waals surface area contributed by atoms with Crippen LogP contribution in [0, 0.1) is 0 Å². The molecule has 9 heteroatoms. The lowest BCUT2D eigenvalue weighted by atomic mass is 10.0. The fourth-order valence-corrected chi connectivity index (χ4v) is 5.71. The van der Waals surface area contributed by atoms with E-state index in [-0.39, 0.29) is 6.54 Å². The second-order valence-corrected chi connectivity index (χ2v) is 11.9. The largest absolute Gasteiger partial charge is 0.492 e. The molecule has 2 aromatic heterocycles. The second kappa shape index (κ2) is 11.0. The molecule has 188 valence electrons. The van der Waals surface area contributed by atoms with Gasteiger partial charge in [-0.25, -0.2) is 23.1 Å². The van der Waals surface area contributed by atoms with Crippen LogP contribution >= 0.6 is 11.3 Å². The van der Waals surface area contributed by atoms with Gasteiger partial charge in [0.05, 0.1) is 16.5 Å². The number of hydrogen-bond donors (Lipinski definition) is 1. The Hall–Kier alpha value is -2.85. The topological polar surface area (TPSA) is 84.4 Å². The van der Waals surface area contributed by atoms with E-state index < -0.39 is 10.0 Å². The number of sulfonamides is 1. The molecule has 0 saturated carbocycles. The third-order valence-corrected chi connectivity index (χ3v) is 7.88. The molecule has 5 rings (SSSR count). The lowest BCUT2D eigenvalue weighted by molar-refractivity contribution is 0.238. The van der Waals surface area contributed by atoms with Gasteiger partial charge in [0.15, 0.2) is 0 Å². The van der Waals surface area contributed by atoms with E-state index in [9.17, 15) is 8.42 Å². The molecule has 0 aliphatic carbocycles. The number of hydrogen-bond acceptors (Lipinski definition) is 7. The molecule has 0 radical (unpaired) electrons. The molecule has 2 aromatic carbocycles. The third-order valence-electron chi connectivity index (χ3n) is 6.30. The van der Waals surface area contributed by atoms with Gasteiger partial charge in [0, 0.05) is 36.7 Å². The highest BCUT2D eigenvalue weighted by molar-refractivity contribution is 7.88. The summed E-state index contributed by atoms with van der Waals surface area (Å²) in [6.45, 7) is 4.32. The number of likely N-dealkylation sites (tertiary alicyclic amines) is 1. The summed E-state index contributed by atoms with van der Waals surface area (Å²) in [6.07, 6.45) is 6.28. The van der Waals surface area contributed by atoms with Crippen molar-refractivity contribution in [3.63, 3.8) is 0 Å². The van der Waals surface area contributed by atoms with Crippen LogP contribution in [0.15, 0.2) is 60.1 Å². The van der Waals surface area contributed by atoms with Crippen molar-refractivity contribution in [1.29, 1.82) is 0 Å². The van der Waals surface area contributed by atoms with Crippen LogP contribution in [0.25, 0.3) is 21.3 Å². The summed E-state index contributed by atoms with van der Waals surface area (Å²) >= 11 is 1.61. The van der Waals surface area contributed by atoms with Gasteiger partial charge in [-0.15, -0.1) is 11.3 Å². The maximum atomic E-state index is 11.5. The van der Waals surface area contributed by atoms with Gasteiger partial charge in [0.25, 0.3) is 0 Å². The number of rotatable bonds is 10. The highest BCUT2D eigenvalue weighted by Crippen LogP contribution is 2.33. The minimum Gasteiger partial charge on any atom is -0.492 e. The summed E-state index contributed by atoms with van der Waals surface area (Å²) in [7, 11) is -3.25. The minimum atomic E-state index is -3.25. The van der Waals surface area contributed by atoms with Crippen LogP contribution in [0.5, 0.6) is 5.75 Å². The third kappa shape index (κ3) is 6.47. The van der Waals surface area contributed by atoms with Crippen molar-refractivity contribution in [3.05, 3.63) is 77.1 Å². The van der Waals surface area contributed by atoms with Gasteiger partial charge in [-0.3, -0.25) is 4.90 Å². The number of nitrogens with one attached hydrogen (secondary N) is 1. The Morgan fingerprint density at radius 2 is 1.89 bits per heavy atom. The van der Waals surface area contributed by atoms with Crippen LogP contribution in [0.3, 0.4) is 0 Å². The van der Waals surface area contributed by atoms with Gasteiger partial charge in [0.2, 0.25) is 10.0 Å². The Balaban J connectivity index is 1.27. The van der Waals surface area contributed by atoms with Gasteiger partial charge >= 0.3 is 0 Å². The van der Waals surface area contributed by atoms with E-state index in [1.807, 2.05) is 42.6 Å². The lowest BCUT2D eigenvalue weighted by Gasteiger charge is -2.15. The molecule has 1 aliphatic heterocycles. The number of nitrogens with zero attached hydrogens (tertiary/aromatic N) is 3. The van der Waals surface area contributed by atoms with E-state index in [0.29, 0.717) is 13.0 Å². The van der Waals surface area contributed by atoms with Gasteiger partial charge in [-0.05, 0) is 60.8 Å². The zero-order chi connectivity index (χ0) is 25.0. The average molecular weight is 523 g/mol. The smallest absolute Gasteiger partial charge is 0.209 e. The number of benzene rings is 2. The minimum absolute atomic E-state index is 0.257. The van der Waals surface area contributed by atoms with E-state index in [2.05, 4.69) is 32.1 Å². The fraction of sp³-hybridized carbons (Fsp3) is 0.333. The molecule has 1 N–H and O–H groups in total. The standard InChI is InChI=1S/C27H30N4O3S2/c1-36(32,33)29-17-21-5-4-6-22(15-21)24-19-35-25-18-28-26(30-27(24)25)16-20-7-9-23(10-8-20)34-14-13-31-11-2-3-12-31/h4-10,15,18-19,29H,2-3,11-14,16-17H2,1H3. The van der Waals surface area contributed by atoms with E-state index in [1.54, 1.807) is 11.3 Å². The highest BCUT2D eigenvalue weighted by Gasteiger charge is 2.13. The van der Waals surface area contributed by atoms with E-state index in [1.165, 1.54) is 25.9 Å². The summed E-state index contributed by atoms with van der Waals surface area (Å²) in [6, 6.07) is 16.1. The number of thiophene rings is 1. The summed E-state index contributed by atoms with van der Waals surface area (Å²) < 4.78 is 32.4. The quantitative estimate of drug-likeness (QED) is 0.331. The Labute approximate surface area is 216 Å². The molecule has 0 amide bonds. The molecule has 7 nitrogen and oxygen atoms in total. The van der Waals surface area contributed by atoms with Crippen molar-refractivity contribution in [2.45, 2.75) is 25.8 Å². The number of aromatic nitrogens is 2. The fourth-order valence-electron chi connectivity index (χ4n) is 4.40. The number of fused-ring (bicyclic) bond motifs is 1. The van der Waals surface area contributed by atoms with Gasteiger partial charge in [0.1, 0.15) is 18.2 Å². The molecule has 0 bridgehead atoms. The Bertz CT molecular complexity index is 1430. The molecular formula is C27H30N4O3S2. The van der Waals surface area contributed by atoms with Gasteiger partial charge < -0.3 is 4.74 Å². The molecule has 36 heavy (non-hydrogen) atoms. The molecular weight excluding hydrogens is 492 g/mol. The first-order chi connectivity index (χ1) is 17.4. The molecule has 0 unspecified atom stereocenters. The summed E-state index contributed by atoms with van der Waals surface area (Å²) in [5.41, 5.74) is 4.98. The van der Waals surface area contributed by atoms with Gasteiger partial charge in [-0.1, -0.05) is 30.3 Å². The zero-order valence-corrected chi connectivity index (χ0v) is 21.9. The molecule has 1 fully saturated rings. The molecule has 1 aliphatic rings. The first kappa shape index (κ1) is 24.8. The predicted octanol–water partition coefficient (Wildman–Crippen LogP) is 4.47. The van der Waals surface area contributed by atoms with Crippen molar-refractivity contribution in [2.24, 2.45) is 0 Å². The van der Waals surface area contributed by atoms with Gasteiger partial charge in [-0.2, -0.15) is 0 Å². The SMILES string of the molecule is CS(=O)(=O)NCc1cccc(-c2csc3cnc(Cc4ccc(OCCN5CCCC5)cc4)nc23)c1. The Morgan fingerprint density at radius 3 is 2.67 bits per heavy atom. The maximum absolute atomic E-state index is 11.5. The Kier molecular flexibility index (Phi) is 7.62. The van der Waals surface area contributed by atoms with Crippen LogP contribution < -0.4 is 9.46 Å². The van der Waals surface area contributed by atoms with Crippen molar-refractivity contribution in [2.75, 3.05) is 32.5 Å². The maximum Gasteiger partial charge on any atom is 0.209 e. The summed E-state index contributed by atoms with van der Waals surface area (Å²) in [5, 5.41) is 2.08. The molecule has 0 spiro atoms.